The van der Waals surface area contributed by atoms with Crippen LogP contribution in [-0.2, 0) is 4.79 Å². The number of hydrogen-bond acceptors (Lipinski definition) is 2. The first-order valence-electron chi connectivity index (χ1n) is 5.74. The van der Waals surface area contributed by atoms with Gasteiger partial charge >= 0.3 is 0 Å². The average molecular weight is 238 g/mol. The van der Waals surface area contributed by atoms with E-state index in [1.165, 1.54) is 12.1 Å². The monoisotopic (exact) mass is 238 g/mol. The summed E-state index contributed by atoms with van der Waals surface area (Å²) >= 11 is 0. The zero-order chi connectivity index (χ0) is 12.8. The Bertz CT molecular complexity index is 362. The standard InChI is InChI=1S/C13H19FN2O/c1-9(2)13(16-12(17)8-15-3)10-4-6-11(14)7-5-10/h4-7,9,13,15H,8H2,1-3H3,(H,16,17). The quantitative estimate of drug-likeness (QED) is 0.822. The van der Waals surface area contributed by atoms with Crippen LogP contribution in [0.5, 0.6) is 0 Å². The fourth-order valence-corrected chi connectivity index (χ4v) is 1.69. The molecular weight excluding hydrogens is 219 g/mol. The van der Waals surface area contributed by atoms with Crippen LogP contribution in [-0.4, -0.2) is 19.5 Å². The van der Waals surface area contributed by atoms with Gasteiger partial charge in [-0.25, -0.2) is 4.39 Å². The summed E-state index contributed by atoms with van der Waals surface area (Å²) in [5.74, 6) is -0.0744. The molecule has 1 aromatic carbocycles. The molecule has 3 nitrogen and oxygen atoms in total. The number of likely N-dealkylation sites (N-methyl/N-ethyl adjacent to an activating group) is 1. The van der Waals surface area contributed by atoms with Gasteiger partial charge in [-0.2, -0.15) is 0 Å². The van der Waals surface area contributed by atoms with Gasteiger partial charge in [0.25, 0.3) is 0 Å². The second-order valence-corrected chi connectivity index (χ2v) is 4.37. The van der Waals surface area contributed by atoms with Crippen LogP contribution in [0.3, 0.4) is 0 Å². The van der Waals surface area contributed by atoms with E-state index in [1.807, 2.05) is 13.8 Å². The SMILES string of the molecule is CNCC(=O)NC(c1ccc(F)cc1)C(C)C. The molecule has 4 heteroatoms. The number of nitrogens with one attached hydrogen (secondary N) is 2. The van der Waals surface area contributed by atoms with Crippen molar-refractivity contribution in [1.29, 1.82) is 0 Å². The van der Waals surface area contributed by atoms with E-state index in [1.54, 1.807) is 19.2 Å². The van der Waals surface area contributed by atoms with E-state index in [-0.39, 0.29) is 30.2 Å². The van der Waals surface area contributed by atoms with Crippen molar-refractivity contribution in [2.45, 2.75) is 19.9 Å². The van der Waals surface area contributed by atoms with Crippen molar-refractivity contribution < 1.29 is 9.18 Å². The molecule has 1 amide bonds. The number of carbonyl (C=O) groups excluding carboxylic acids is 1. The van der Waals surface area contributed by atoms with E-state index in [2.05, 4.69) is 10.6 Å². The van der Waals surface area contributed by atoms with E-state index >= 15 is 0 Å². The molecule has 17 heavy (non-hydrogen) atoms. The van der Waals surface area contributed by atoms with E-state index in [4.69, 9.17) is 0 Å². The summed E-state index contributed by atoms with van der Waals surface area (Å²) in [6.45, 7) is 4.33. The summed E-state index contributed by atoms with van der Waals surface area (Å²) in [4.78, 5) is 11.6. The van der Waals surface area contributed by atoms with E-state index < -0.39 is 0 Å². The van der Waals surface area contributed by atoms with E-state index in [0.29, 0.717) is 0 Å². The van der Waals surface area contributed by atoms with Crippen LogP contribution in [0.2, 0.25) is 0 Å². The highest BCUT2D eigenvalue weighted by Crippen LogP contribution is 2.21. The van der Waals surface area contributed by atoms with Gasteiger partial charge in [0.2, 0.25) is 5.91 Å². The van der Waals surface area contributed by atoms with Gasteiger partial charge in [-0.05, 0) is 30.7 Å². The van der Waals surface area contributed by atoms with E-state index in [0.717, 1.165) is 5.56 Å². The zero-order valence-electron chi connectivity index (χ0n) is 10.5. The molecule has 0 saturated heterocycles. The number of carbonyl (C=O) groups is 1. The molecule has 1 rings (SSSR count). The lowest BCUT2D eigenvalue weighted by atomic mass is 9.96. The average Bonchev–Trinajstić information content (AvgIpc) is 2.27. The number of rotatable bonds is 5. The van der Waals surface area contributed by atoms with Crippen molar-refractivity contribution in [2.75, 3.05) is 13.6 Å². The van der Waals surface area contributed by atoms with Crippen LogP contribution in [0.25, 0.3) is 0 Å². The lowest BCUT2D eigenvalue weighted by Crippen LogP contribution is -2.37. The maximum atomic E-state index is 12.8. The van der Waals surface area contributed by atoms with Crippen molar-refractivity contribution in [3.8, 4) is 0 Å². The Kier molecular flexibility index (Phi) is 5.10. The second-order valence-electron chi connectivity index (χ2n) is 4.37. The third kappa shape index (κ3) is 4.15. The first-order valence-corrected chi connectivity index (χ1v) is 5.74. The lowest BCUT2D eigenvalue weighted by Gasteiger charge is -2.23. The zero-order valence-corrected chi connectivity index (χ0v) is 10.5. The molecule has 1 aromatic rings. The predicted molar refractivity (Wildman–Crippen MR) is 66.0 cm³/mol. The number of amides is 1. The van der Waals surface area contributed by atoms with Crippen LogP contribution in [0.15, 0.2) is 24.3 Å². The topological polar surface area (TPSA) is 41.1 Å². The van der Waals surface area contributed by atoms with Crippen LogP contribution in [0.1, 0.15) is 25.5 Å². The van der Waals surface area contributed by atoms with Gasteiger partial charge in [0.05, 0.1) is 12.6 Å². The Morgan fingerprint density at radius 3 is 2.35 bits per heavy atom. The summed E-state index contributed by atoms with van der Waals surface area (Å²) < 4.78 is 12.8. The lowest BCUT2D eigenvalue weighted by molar-refractivity contribution is -0.121. The molecule has 94 valence electrons. The van der Waals surface area contributed by atoms with E-state index in [9.17, 15) is 9.18 Å². The maximum absolute atomic E-state index is 12.8. The van der Waals surface area contributed by atoms with Crippen molar-refractivity contribution in [2.24, 2.45) is 5.92 Å². The molecule has 1 atom stereocenters. The number of halogens is 1. The molecule has 0 aliphatic rings. The first kappa shape index (κ1) is 13.6. The largest absolute Gasteiger partial charge is 0.348 e. The van der Waals surface area contributed by atoms with Crippen molar-refractivity contribution in [3.05, 3.63) is 35.6 Å². The van der Waals surface area contributed by atoms with Gasteiger partial charge in [0.15, 0.2) is 0 Å². The molecule has 0 spiro atoms. The fraction of sp³-hybridized carbons (Fsp3) is 0.462. The molecule has 0 heterocycles. The second kappa shape index (κ2) is 6.35. The van der Waals surface area contributed by atoms with Crippen LogP contribution in [0, 0.1) is 11.7 Å². The van der Waals surface area contributed by atoms with Crippen molar-refractivity contribution >= 4 is 5.91 Å². The summed E-state index contributed by atoms with van der Waals surface area (Å²) in [6.07, 6.45) is 0. The molecule has 0 fully saturated rings. The number of benzene rings is 1. The highest BCUT2D eigenvalue weighted by Gasteiger charge is 2.17. The van der Waals surface area contributed by atoms with Gasteiger partial charge in [-0.1, -0.05) is 26.0 Å². The Labute approximate surface area is 101 Å². The maximum Gasteiger partial charge on any atom is 0.234 e. The molecule has 1 unspecified atom stereocenters. The predicted octanol–water partition coefficient (Wildman–Crippen LogP) is 1.86. The molecule has 0 saturated carbocycles. The minimum atomic E-state index is -0.266. The van der Waals surface area contributed by atoms with Gasteiger partial charge in [-0.3, -0.25) is 4.79 Å². The molecule has 0 aliphatic carbocycles. The summed E-state index contributed by atoms with van der Waals surface area (Å²) in [5.41, 5.74) is 0.922. The summed E-state index contributed by atoms with van der Waals surface area (Å²) in [7, 11) is 1.72. The molecule has 2 N–H and O–H groups in total. The van der Waals surface area contributed by atoms with Gasteiger partial charge < -0.3 is 10.6 Å². The molecule has 0 aromatic heterocycles. The van der Waals surface area contributed by atoms with Crippen molar-refractivity contribution in [3.63, 3.8) is 0 Å². The highest BCUT2D eigenvalue weighted by molar-refractivity contribution is 5.78. The van der Waals surface area contributed by atoms with Gasteiger partial charge in [-0.15, -0.1) is 0 Å². The molecule has 0 bridgehead atoms. The third-order valence-electron chi connectivity index (χ3n) is 2.55. The van der Waals surface area contributed by atoms with Crippen molar-refractivity contribution in [1.82, 2.24) is 10.6 Å². The Balaban J connectivity index is 2.79. The minimum Gasteiger partial charge on any atom is -0.348 e. The number of hydrogen-bond donors (Lipinski definition) is 2. The smallest absolute Gasteiger partial charge is 0.234 e. The Morgan fingerprint density at radius 1 is 1.29 bits per heavy atom. The minimum absolute atomic E-state index is 0.0597. The third-order valence-corrected chi connectivity index (χ3v) is 2.55. The highest BCUT2D eigenvalue weighted by atomic mass is 19.1. The molecule has 0 radical (unpaired) electrons. The Morgan fingerprint density at radius 2 is 1.88 bits per heavy atom. The molecular formula is C13H19FN2O. The van der Waals surface area contributed by atoms with Gasteiger partial charge in [0, 0.05) is 0 Å². The fourth-order valence-electron chi connectivity index (χ4n) is 1.69. The normalized spacial score (nSPS) is 12.5. The molecule has 0 aliphatic heterocycles. The first-order chi connectivity index (χ1) is 8.04. The summed E-state index contributed by atoms with van der Waals surface area (Å²) in [5, 5.41) is 5.73. The van der Waals surface area contributed by atoms with Crippen LogP contribution < -0.4 is 10.6 Å². The van der Waals surface area contributed by atoms with Gasteiger partial charge in [0.1, 0.15) is 5.82 Å². The summed E-state index contributed by atoms with van der Waals surface area (Å²) in [6, 6.07) is 6.15. The Hall–Kier alpha value is -1.42. The van der Waals surface area contributed by atoms with Crippen LogP contribution >= 0.6 is 0 Å². The van der Waals surface area contributed by atoms with Crippen LogP contribution in [0.4, 0.5) is 4.39 Å².